The summed E-state index contributed by atoms with van der Waals surface area (Å²) < 4.78 is 7.66. The van der Waals surface area contributed by atoms with Gasteiger partial charge in [-0.3, -0.25) is 14.3 Å². The zero-order valence-corrected chi connectivity index (χ0v) is 18.2. The molecule has 2 amide bonds. The molecule has 0 bridgehead atoms. The zero-order valence-electron chi connectivity index (χ0n) is 18.2. The van der Waals surface area contributed by atoms with Gasteiger partial charge in [-0.25, -0.2) is 0 Å². The molecule has 1 heterocycles. The Kier molecular flexibility index (Phi) is 5.89. The molecule has 0 radical (unpaired) electrons. The molecular weight excluding hydrogens is 404 g/mol. The van der Waals surface area contributed by atoms with E-state index in [1.165, 1.54) is 0 Å². The second kappa shape index (κ2) is 8.93. The second-order valence-corrected chi connectivity index (χ2v) is 7.42. The highest BCUT2D eigenvalue weighted by atomic mass is 16.5. The fraction of sp³-hybridized carbons (Fsp3) is 0.160. The first-order valence-corrected chi connectivity index (χ1v) is 10.2. The van der Waals surface area contributed by atoms with Crippen LogP contribution in [0.15, 0.2) is 66.9 Å². The minimum absolute atomic E-state index is 0.143. The van der Waals surface area contributed by atoms with Crippen molar-refractivity contribution in [2.75, 3.05) is 19.0 Å². The number of amides is 2. The summed E-state index contributed by atoms with van der Waals surface area (Å²) in [7, 11) is 3.42. The lowest BCUT2D eigenvalue weighted by molar-refractivity contribution is -0.118. The Hall–Kier alpha value is -4.13. The van der Waals surface area contributed by atoms with E-state index >= 15 is 0 Å². The lowest BCUT2D eigenvalue weighted by atomic mass is 9.96. The number of nitrogens with one attached hydrogen (secondary N) is 2. The SMILES string of the molecule is CNC(=O)c1ccc(-c2c(OCC(=O)Nc3cnn(C)c3C)ccc3ccccc23)cc1. The van der Waals surface area contributed by atoms with Gasteiger partial charge in [-0.1, -0.05) is 42.5 Å². The predicted molar refractivity (Wildman–Crippen MR) is 125 cm³/mol. The molecule has 0 fully saturated rings. The van der Waals surface area contributed by atoms with Gasteiger partial charge in [-0.15, -0.1) is 0 Å². The molecular formula is C25H24N4O3. The number of hydrogen-bond acceptors (Lipinski definition) is 4. The number of rotatable bonds is 6. The Bertz CT molecular complexity index is 1290. The molecule has 0 saturated heterocycles. The van der Waals surface area contributed by atoms with Gasteiger partial charge >= 0.3 is 0 Å². The van der Waals surface area contributed by atoms with E-state index in [1.54, 1.807) is 30.1 Å². The van der Waals surface area contributed by atoms with Gasteiger partial charge in [0, 0.05) is 25.2 Å². The molecule has 162 valence electrons. The summed E-state index contributed by atoms with van der Waals surface area (Å²) in [4.78, 5) is 24.4. The highest BCUT2D eigenvalue weighted by Crippen LogP contribution is 2.37. The predicted octanol–water partition coefficient (Wildman–Crippen LogP) is 3.93. The average molecular weight is 428 g/mol. The van der Waals surface area contributed by atoms with Crippen molar-refractivity contribution in [3.63, 3.8) is 0 Å². The van der Waals surface area contributed by atoms with Gasteiger partial charge in [0.25, 0.3) is 11.8 Å². The summed E-state index contributed by atoms with van der Waals surface area (Å²) in [6, 6.07) is 19.1. The van der Waals surface area contributed by atoms with Crippen LogP contribution in [-0.4, -0.2) is 35.2 Å². The standard InChI is InChI=1S/C25H24N4O3/c1-16-21(14-27-29(16)3)28-23(30)15-32-22-13-12-17-6-4-5-7-20(17)24(22)18-8-10-19(11-9-18)25(31)26-2/h4-14H,15H2,1-3H3,(H,26,31)(H,28,30). The van der Waals surface area contributed by atoms with Crippen LogP contribution in [0, 0.1) is 6.92 Å². The number of carbonyl (C=O) groups is 2. The third-order valence-corrected chi connectivity index (χ3v) is 5.42. The Balaban J connectivity index is 1.63. The topological polar surface area (TPSA) is 85.2 Å². The largest absolute Gasteiger partial charge is 0.483 e. The van der Waals surface area contributed by atoms with E-state index in [9.17, 15) is 9.59 Å². The van der Waals surface area contributed by atoms with Crippen LogP contribution in [0.5, 0.6) is 5.75 Å². The van der Waals surface area contributed by atoms with Crippen molar-refractivity contribution in [1.29, 1.82) is 0 Å². The molecule has 7 heteroatoms. The van der Waals surface area contributed by atoms with E-state index in [-0.39, 0.29) is 18.4 Å². The van der Waals surface area contributed by atoms with Crippen molar-refractivity contribution in [1.82, 2.24) is 15.1 Å². The number of aryl methyl sites for hydroxylation is 1. The maximum atomic E-state index is 12.5. The highest BCUT2D eigenvalue weighted by molar-refractivity contribution is 6.01. The van der Waals surface area contributed by atoms with E-state index in [0.717, 1.165) is 27.6 Å². The number of anilines is 1. The van der Waals surface area contributed by atoms with Crippen LogP contribution in [0.2, 0.25) is 0 Å². The van der Waals surface area contributed by atoms with Crippen LogP contribution >= 0.6 is 0 Å². The van der Waals surface area contributed by atoms with Crippen molar-refractivity contribution in [3.8, 4) is 16.9 Å². The second-order valence-electron chi connectivity index (χ2n) is 7.42. The van der Waals surface area contributed by atoms with E-state index in [2.05, 4.69) is 15.7 Å². The third kappa shape index (κ3) is 4.18. The lowest BCUT2D eigenvalue weighted by Gasteiger charge is -2.15. The first-order chi connectivity index (χ1) is 15.5. The minimum Gasteiger partial charge on any atom is -0.483 e. The van der Waals surface area contributed by atoms with Crippen molar-refractivity contribution < 1.29 is 14.3 Å². The summed E-state index contributed by atoms with van der Waals surface area (Å²) in [5.74, 6) is 0.179. The van der Waals surface area contributed by atoms with Crippen LogP contribution in [-0.2, 0) is 11.8 Å². The summed E-state index contributed by atoms with van der Waals surface area (Å²) in [6.07, 6.45) is 1.61. The van der Waals surface area contributed by atoms with Crippen molar-refractivity contribution in [2.45, 2.75) is 6.92 Å². The van der Waals surface area contributed by atoms with Crippen LogP contribution < -0.4 is 15.4 Å². The number of aromatic nitrogens is 2. The third-order valence-electron chi connectivity index (χ3n) is 5.42. The summed E-state index contributed by atoms with van der Waals surface area (Å²) in [5, 5.41) is 11.6. The van der Waals surface area contributed by atoms with Crippen molar-refractivity contribution in [2.24, 2.45) is 7.05 Å². The zero-order chi connectivity index (χ0) is 22.7. The summed E-state index contributed by atoms with van der Waals surface area (Å²) >= 11 is 0. The molecule has 3 aromatic carbocycles. The van der Waals surface area contributed by atoms with Gasteiger partial charge in [0.2, 0.25) is 0 Å². The normalized spacial score (nSPS) is 10.7. The number of nitrogens with zero attached hydrogens (tertiary/aromatic N) is 2. The molecule has 32 heavy (non-hydrogen) atoms. The maximum absolute atomic E-state index is 12.5. The number of fused-ring (bicyclic) bond motifs is 1. The fourth-order valence-electron chi connectivity index (χ4n) is 3.55. The molecule has 0 aliphatic heterocycles. The van der Waals surface area contributed by atoms with E-state index in [1.807, 2.05) is 62.5 Å². The van der Waals surface area contributed by atoms with E-state index < -0.39 is 0 Å². The van der Waals surface area contributed by atoms with Crippen molar-refractivity contribution >= 4 is 28.3 Å². The Morgan fingerprint density at radius 1 is 1.03 bits per heavy atom. The van der Waals surface area contributed by atoms with Crippen LogP contribution in [0.4, 0.5) is 5.69 Å². The van der Waals surface area contributed by atoms with Gasteiger partial charge in [-0.05, 0) is 41.5 Å². The van der Waals surface area contributed by atoms with Gasteiger partial charge in [0.15, 0.2) is 6.61 Å². The monoisotopic (exact) mass is 428 g/mol. The highest BCUT2D eigenvalue weighted by Gasteiger charge is 2.15. The fourth-order valence-corrected chi connectivity index (χ4v) is 3.55. The molecule has 4 aromatic rings. The molecule has 0 spiro atoms. The number of carbonyl (C=O) groups excluding carboxylic acids is 2. The number of benzene rings is 3. The quantitative estimate of drug-likeness (QED) is 0.487. The smallest absolute Gasteiger partial charge is 0.262 e. The van der Waals surface area contributed by atoms with E-state index in [0.29, 0.717) is 17.0 Å². The Morgan fingerprint density at radius 2 is 1.78 bits per heavy atom. The molecule has 0 aliphatic rings. The molecule has 0 aliphatic carbocycles. The Morgan fingerprint density at radius 3 is 2.47 bits per heavy atom. The van der Waals surface area contributed by atoms with Gasteiger partial charge < -0.3 is 15.4 Å². The first kappa shape index (κ1) is 21.1. The lowest BCUT2D eigenvalue weighted by Crippen LogP contribution is -2.20. The van der Waals surface area contributed by atoms with Gasteiger partial charge in [-0.2, -0.15) is 5.10 Å². The van der Waals surface area contributed by atoms with Gasteiger partial charge in [0.1, 0.15) is 5.75 Å². The molecule has 0 atom stereocenters. The van der Waals surface area contributed by atoms with E-state index in [4.69, 9.17) is 4.74 Å². The summed E-state index contributed by atoms with van der Waals surface area (Å²) in [5.41, 5.74) is 3.86. The van der Waals surface area contributed by atoms with Crippen LogP contribution in [0.3, 0.4) is 0 Å². The molecule has 2 N–H and O–H groups in total. The van der Waals surface area contributed by atoms with Crippen molar-refractivity contribution in [3.05, 3.63) is 78.1 Å². The molecule has 7 nitrogen and oxygen atoms in total. The first-order valence-electron chi connectivity index (χ1n) is 10.2. The summed E-state index contributed by atoms with van der Waals surface area (Å²) in [6.45, 7) is 1.74. The number of ether oxygens (including phenoxy) is 1. The van der Waals surface area contributed by atoms with Crippen LogP contribution in [0.1, 0.15) is 16.1 Å². The number of hydrogen-bond donors (Lipinski definition) is 2. The molecule has 0 unspecified atom stereocenters. The maximum Gasteiger partial charge on any atom is 0.262 e. The minimum atomic E-state index is -0.268. The average Bonchev–Trinajstić information content (AvgIpc) is 3.14. The van der Waals surface area contributed by atoms with Gasteiger partial charge in [0.05, 0.1) is 17.6 Å². The Labute approximate surface area is 186 Å². The van der Waals surface area contributed by atoms with Crippen LogP contribution in [0.25, 0.3) is 21.9 Å². The molecule has 0 saturated carbocycles. The molecule has 1 aromatic heterocycles. The molecule has 4 rings (SSSR count).